The van der Waals surface area contributed by atoms with Crippen LogP contribution in [0.5, 0.6) is 0 Å². The highest BCUT2D eigenvalue weighted by Crippen LogP contribution is 2.49. The maximum absolute atomic E-state index is 14.1. The molecular formula is C31H46FN3O3. The van der Waals surface area contributed by atoms with Gasteiger partial charge in [-0.05, 0) is 101 Å². The standard InChI is InChI=1S/C31H46FN3O3/c1-30(2)21-38-29(37)35(30)20-31(23-8-6-5-7-9-23)14-16-34(17-15-31)28(36)27-19-25(33(3)4)18-26(27)22-10-12-24(32)13-11-22/h10-13,23,25-27H,5-9,14-21H2,1-4H3/t25-,26+,27?/m1/s1. The predicted octanol–water partition coefficient (Wildman–Crippen LogP) is 5.67. The second kappa shape index (κ2) is 10.8. The fourth-order valence-corrected chi connectivity index (χ4v) is 7.84. The van der Waals surface area contributed by atoms with E-state index in [4.69, 9.17) is 4.74 Å². The Morgan fingerprint density at radius 1 is 1.05 bits per heavy atom. The van der Waals surface area contributed by atoms with Crippen LogP contribution in [0.4, 0.5) is 9.18 Å². The molecule has 0 bridgehead atoms. The fourth-order valence-electron chi connectivity index (χ4n) is 7.84. The zero-order chi connectivity index (χ0) is 27.1. The molecule has 2 aliphatic heterocycles. The number of cyclic esters (lactones) is 1. The molecule has 0 spiro atoms. The lowest BCUT2D eigenvalue weighted by Gasteiger charge is -2.51. The molecule has 0 aromatic heterocycles. The van der Waals surface area contributed by atoms with Crippen LogP contribution in [-0.4, -0.2) is 78.6 Å². The van der Waals surface area contributed by atoms with E-state index in [9.17, 15) is 14.0 Å². The van der Waals surface area contributed by atoms with E-state index in [0.717, 1.165) is 50.9 Å². The molecule has 7 heteroatoms. The first-order chi connectivity index (χ1) is 18.1. The first-order valence-corrected chi connectivity index (χ1v) is 14.7. The van der Waals surface area contributed by atoms with Gasteiger partial charge in [0, 0.05) is 31.6 Å². The number of rotatable bonds is 6. The van der Waals surface area contributed by atoms with Gasteiger partial charge < -0.3 is 14.5 Å². The van der Waals surface area contributed by atoms with E-state index in [0.29, 0.717) is 18.6 Å². The zero-order valence-electron chi connectivity index (χ0n) is 23.8. The van der Waals surface area contributed by atoms with Gasteiger partial charge in [-0.1, -0.05) is 31.4 Å². The second-order valence-electron chi connectivity index (χ2n) is 13.3. The van der Waals surface area contributed by atoms with Crippen molar-refractivity contribution in [1.29, 1.82) is 0 Å². The van der Waals surface area contributed by atoms with Gasteiger partial charge in [0.05, 0.1) is 5.54 Å². The van der Waals surface area contributed by atoms with Crippen LogP contribution in [0.25, 0.3) is 0 Å². The topological polar surface area (TPSA) is 53.1 Å². The minimum absolute atomic E-state index is 0.0377. The Hall–Kier alpha value is -2.15. The molecule has 0 N–H and O–H groups in total. The number of ether oxygens (including phenoxy) is 1. The van der Waals surface area contributed by atoms with E-state index in [2.05, 4.69) is 37.7 Å². The van der Waals surface area contributed by atoms with E-state index >= 15 is 0 Å². The van der Waals surface area contributed by atoms with Gasteiger partial charge in [0.2, 0.25) is 5.91 Å². The summed E-state index contributed by atoms with van der Waals surface area (Å²) < 4.78 is 19.1. The average Bonchev–Trinajstić information content (AvgIpc) is 3.47. The number of hydrogen-bond acceptors (Lipinski definition) is 4. The highest BCUT2D eigenvalue weighted by Gasteiger charge is 2.50. The quantitative estimate of drug-likeness (QED) is 0.478. The number of likely N-dealkylation sites (tertiary alicyclic amines) is 1. The van der Waals surface area contributed by atoms with Crippen molar-refractivity contribution in [3.05, 3.63) is 35.6 Å². The van der Waals surface area contributed by atoms with Crippen molar-refractivity contribution in [2.75, 3.05) is 40.3 Å². The normalized spacial score (nSPS) is 29.6. The Morgan fingerprint density at radius 3 is 2.29 bits per heavy atom. The number of piperidine rings is 1. The van der Waals surface area contributed by atoms with Crippen molar-refractivity contribution in [2.45, 2.75) is 89.1 Å². The first kappa shape index (κ1) is 27.4. The Bertz CT molecular complexity index is 996. The van der Waals surface area contributed by atoms with Crippen molar-refractivity contribution in [3.63, 3.8) is 0 Å². The smallest absolute Gasteiger partial charge is 0.410 e. The van der Waals surface area contributed by atoms with Crippen molar-refractivity contribution < 1.29 is 18.7 Å². The van der Waals surface area contributed by atoms with Gasteiger partial charge in [-0.3, -0.25) is 9.69 Å². The highest BCUT2D eigenvalue weighted by atomic mass is 19.1. The monoisotopic (exact) mass is 527 g/mol. The van der Waals surface area contributed by atoms with E-state index < -0.39 is 0 Å². The van der Waals surface area contributed by atoms with Gasteiger partial charge in [0.15, 0.2) is 0 Å². The summed E-state index contributed by atoms with van der Waals surface area (Å²) in [7, 11) is 4.17. The van der Waals surface area contributed by atoms with Crippen molar-refractivity contribution >= 4 is 12.0 Å². The molecule has 4 aliphatic rings. The van der Waals surface area contributed by atoms with Gasteiger partial charge in [-0.2, -0.15) is 0 Å². The highest BCUT2D eigenvalue weighted by molar-refractivity contribution is 5.80. The lowest BCUT2D eigenvalue weighted by molar-refractivity contribution is -0.139. The number of hydrogen-bond donors (Lipinski definition) is 0. The lowest BCUT2D eigenvalue weighted by atomic mass is 9.63. The van der Waals surface area contributed by atoms with Crippen LogP contribution in [0.15, 0.2) is 24.3 Å². The molecule has 2 aliphatic carbocycles. The molecule has 4 fully saturated rings. The summed E-state index contributed by atoms with van der Waals surface area (Å²) in [5, 5.41) is 0. The van der Waals surface area contributed by atoms with Crippen LogP contribution < -0.4 is 0 Å². The van der Waals surface area contributed by atoms with E-state index in [1.165, 1.54) is 44.2 Å². The van der Waals surface area contributed by atoms with Crippen LogP contribution >= 0.6 is 0 Å². The molecule has 38 heavy (non-hydrogen) atoms. The summed E-state index contributed by atoms with van der Waals surface area (Å²) in [4.78, 5) is 33.1. The first-order valence-electron chi connectivity index (χ1n) is 14.7. The van der Waals surface area contributed by atoms with Crippen molar-refractivity contribution in [3.8, 4) is 0 Å². The van der Waals surface area contributed by atoms with Gasteiger partial charge in [0.25, 0.3) is 0 Å². The van der Waals surface area contributed by atoms with Gasteiger partial charge in [0.1, 0.15) is 12.4 Å². The van der Waals surface area contributed by atoms with Crippen LogP contribution in [0.3, 0.4) is 0 Å². The van der Waals surface area contributed by atoms with Crippen molar-refractivity contribution in [2.24, 2.45) is 17.3 Å². The molecule has 5 rings (SSSR count). The predicted molar refractivity (Wildman–Crippen MR) is 146 cm³/mol. The van der Waals surface area contributed by atoms with Gasteiger partial charge in [-0.15, -0.1) is 0 Å². The lowest BCUT2D eigenvalue weighted by Crippen LogP contribution is -2.55. The molecule has 1 unspecified atom stereocenters. The maximum Gasteiger partial charge on any atom is 0.410 e. The molecule has 2 saturated heterocycles. The average molecular weight is 528 g/mol. The summed E-state index contributed by atoms with van der Waals surface area (Å²) in [6, 6.07) is 7.10. The minimum atomic E-state index is -0.293. The third-order valence-corrected chi connectivity index (χ3v) is 10.4. The van der Waals surface area contributed by atoms with Crippen LogP contribution in [0.1, 0.15) is 83.1 Å². The largest absolute Gasteiger partial charge is 0.447 e. The second-order valence-corrected chi connectivity index (χ2v) is 13.3. The molecule has 6 nitrogen and oxygen atoms in total. The zero-order valence-corrected chi connectivity index (χ0v) is 23.8. The number of halogens is 1. The molecule has 0 radical (unpaired) electrons. The Balaban J connectivity index is 1.33. The summed E-state index contributed by atoms with van der Waals surface area (Å²) in [5.41, 5.74) is 0.812. The van der Waals surface area contributed by atoms with Crippen LogP contribution in [0.2, 0.25) is 0 Å². The maximum atomic E-state index is 14.1. The summed E-state index contributed by atoms with van der Waals surface area (Å²) >= 11 is 0. The molecule has 2 heterocycles. The van der Waals surface area contributed by atoms with Crippen LogP contribution in [0, 0.1) is 23.1 Å². The summed E-state index contributed by atoms with van der Waals surface area (Å²) in [5.74, 6) is 0.637. The minimum Gasteiger partial charge on any atom is -0.447 e. The fraction of sp³-hybridized carbons (Fsp3) is 0.742. The number of amides is 2. The Labute approximate surface area is 227 Å². The molecule has 2 amide bonds. The van der Waals surface area contributed by atoms with Gasteiger partial charge in [-0.25, -0.2) is 9.18 Å². The molecule has 1 aromatic carbocycles. The van der Waals surface area contributed by atoms with Gasteiger partial charge >= 0.3 is 6.09 Å². The molecule has 210 valence electrons. The third kappa shape index (κ3) is 5.32. The molecule has 3 atom stereocenters. The molecule has 2 saturated carbocycles. The SMILES string of the molecule is CN(C)[C@H]1CC(C(=O)N2CCC(CN3C(=O)OCC3(C)C)(C3CCCCC3)CC2)[C@H](c2ccc(F)cc2)C1. The number of benzene rings is 1. The number of carbonyl (C=O) groups excluding carboxylic acids is 2. The molecular weight excluding hydrogens is 481 g/mol. The number of carbonyl (C=O) groups is 2. The Kier molecular flexibility index (Phi) is 7.78. The van der Waals surface area contributed by atoms with Crippen LogP contribution in [-0.2, 0) is 9.53 Å². The summed E-state index contributed by atoms with van der Waals surface area (Å²) in [6.45, 7) is 6.87. The van der Waals surface area contributed by atoms with E-state index in [1.54, 1.807) is 0 Å². The Morgan fingerprint density at radius 2 is 1.71 bits per heavy atom. The van der Waals surface area contributed by atoms with E-state index in [1.807, 2.05) is 17.0 Å². The van der Waals surface area contributed by atoms with Crippen molar-refractivity contribution in [1.82, 2.24) is 14.7 Å². The summed E-state index contributed by atoms with van der Waals surface area (Å²) in [6.07, 6.45) is 9.70. The van der Waals surface area contributed by atoms with E-state index in [-0.39, 0.29) is 40.6 Å². The molecule has 1 aromatic rings. The third-order valence-electron chi connectivity index (χ3n) is 10.4. The number of nitrogens with zero attached hydrogens (tertiary/aromatic N) is 3.